The molecule has 1 N–H and O–H groups in total. The van der Waals surface area contributed by atoms with Gasteiger partial charge in [0, 0.05) is 11.5 Å². The number of hydrogen-bond donors (Lipinski definition) is 1. The molecule has 0 aliphatic heterocycles. The fraction of sp³-hybridized carbons (Fsp3) is 0.917. The van der Waals surface area contributed by atoms with Crippen molar-refractivity contribution in [1.29, 1.82) is 0 Å². The summed E-state index contributed by atoms with van der Waals surface area (Å²) in [6.07, 6.45) is 2.24. The topological polar surface area (TPSA) is 29.1 Å². The Labute approximate surface area is 88.5 Å². The minimum atomic E-state index is -0.274. The van der Waals surface area contributed by atoms with Crippen LogP contribution in [0.4, 0.5) is 0 Å². The van der Waals surface area contributed by atoms with Gasteiger partial charge in [0.25, 0.3) is 0 Å². The van der Waals surface area contributed by atoms with Crippen molar-refractivity contribution >= 4 is 5.91 Å². The Kier molecular flexibility index (Phi) is 5.17. The minimum Gasteiger partial charge on any atom is -0.353 e. The summed E-state index contributed by atoms with van der Waals surface area (Å²) >= 11 is 0. The molecule has 0 aromatic rings. The summed E-state index contributed by atoms with van der Waals surface area (Å²) in [5.74, 6) is 0.832. The van der Waals surface area contributed by atoms with E-state index in [0.717, 1.165) is 6.42 Å². The molecule has 14 heavy (non-hydrogen) atoms. The van der Waals surface area contributed by atoms with E-state index in [-0.39, 0.29) is 17.4 Å². The lowest BCUT2D eigenvalue weighted by molar-refractivity contribution is -0.129. The van der Waals surface area contributed by atoms with Gasteiger partial charge >= 0.3 is 0 Å². The van der Waals surface area contributed by atoms with Crippen LogP contribution in [0, 0.1) is 11.3 Å². The third-order valence-corrected chi connectivity index (χ3v) is 2.51. The van der Waals surface area contributed by atoms with Gasteiger partial charge in [-0.25, -0.2) is 0 Å². The summed E-state index contributed by atoms with van der Waals surface area (Å²) < 4.78 is 0. The molecule has 0 saturated heterocycles. The lowest BCUT2D eigenvalue weighted by atomic mass is 9.94. The summed E-state index contributed by atoms with van der Waals surface area (Å²) in [4.78, 5) is 11.6. The number of rotatable bonds is 4. The average molecular weight is 199 g/mol. The third kappa shape index (κ3) is 5.25. The van der Waals surface area contributed by atoms with Gasteiger partial charge in [-0.05, 0) is 19.3 Å². The number of carbonyl (C=O) groups excluding carboxylic acids is 1. The Hall–Kier alpha value is -0.530. The molecule has 0 aromatic carbocycles. The van der Waals surface area contributed by atoms with E-state index < -0.39 is 0 Å². The van der Waals surface area contributed by atoms with Crippen LogP contribution in [0.1, 0.15) is 54.4 Å². The second-order valence-corrected chi connectivity index (χ2v) is 5.37. The first-order valence-corrected chi connectivity index (χ1v) is 5.58. The van der Waals surface area contributed by atoms with Crippen LogP contribution in [-0.2, 0) is 4.79 Å². The van der Waals surface area contributed by atoms with Gasteiger partial charge < -0.3 is 5.32 Å². The zero-order valence-electron chi connectivity index (χ0n) is 10.5. The zero-order chi connectivity index (χ0) is 11.4. The van der Waals surface area contributed by atoms with Gasteiger partial charge in [0.2, 0.25) is 5.91 Å². The molecule has 2 nitrogen and oxygen atoms in total. The lowest BCUT2D eigenvalue weighted by Gasteiger charge is -2.23. The van der Waals surface area contributed by atoms with Crippen molar-refractivity contribution < 1.29 is 4.79 Å². The number of carbonyl (C=O) groups is 1. The van der Waals surface area contributed by atoms with Crippen molar-refractivity contribution in [3.63, 3.8) is 0 Å². The second-order valence-electron chi connectivity index (χ2n) is 5.37. The highest BCUT2D eigenvalue weighted by molar-refractivity contribution is 5.81. The molecule has 2 atom stereocenters. The van der Waals surface area contributed by atoms with Gasteiger partial charge in [-0.2, -0.15) is 0 Å². The van der Waals surface area contributed by atoms with Crippen molar-refractivity contribution in [3.05, 3.63) is 0 Å². The van der Waals surface area contributed by atoms with Crippen LogP contribution in [0.25, 0.3) is 0 Å². The van der Waals surface area contributed by atoms with Crippen LogP contribution in [0.3, 0.4) is 0 Å². The molecule has 0 saturated carbocycles. The molecule has 0 rings (SSSR count). The fourth-order valence-electron chi connectivity index (χ4n) is 1.27. The summed E-state index contributed by atoms with van der Waals surface area (Å²) in [7, 11) is 0. The molecule has 0 heterocycles. The third-order valence-electron chi connectivity index (χ3n) is 2.51. The number of nitrogens with one attached hydrogen (secondary N) is 1. The molecule has 2 heteroatoms. The Balaban J connectivity index is 3.95. The lowest BCUT2D eigenvalue weighted by Crippen LogP contribution is -2.40. The van der Waals surface area contributed by atoms with Gasteiger partial charge in [0.1, 0.15) is 0 Å². The smallest absolute Gasteiger partial charge is 0.225 e. The number of amides is 1. The van der Waals surface area contributed by atoms with Crippen LogP contribution in [0.15, 0.2) is 0 Å². The van der Waals surface area contributed by atoms with E-state index in [0.29, 0.717) is 5.92 Å². The van der Waals surface area contributed by atoms with E-state index in [1.807, 2.05) is 20.8 Å². The monoisotopic (exact) mass is 199 g/mol. The van der Waals surface area contributed by atoms with E-state index in [1.165, 1.54) is 6.42 Å². The van der Waals surface area contributed by atoms with Crippen LogP contribution >= 0.6 is 0 Å². The maximum absolute atomic E-state index is 11.6. The molecule has 0 spiro atoms. The molecule has 0 radical (unpaired) electrons. The van der Waals surface area contributed by atoms with E-state index in [4.69, 9.17) is 0 Å². The fourth-order valence-corrected chi connectivity index (χ4v) is 1.27. The standard InChI is InChI=1S/C12H25NO/c1-7-9(2)8-10(3)13-11(14)12(4,5)6/h9-10H,7-8H2,1-6H3,(H,13,14). The van der Waals surface area contributed by atoms with Gasteiger partial charge in [-0.15, -0.1) is 0 Å². The normalized spacial score (nSPS) is 16.1. The highest BCUT2D eigenvalue weighted by Gasteiger charge is 2.22. The molecule has 0 aliphatic carbocycles. The molecular formula is C12H25NO. The molecule has 2 unspecified atom stereocenters. The largest absolute Gasteiger partial charge is 0.353 e. The van der Waals surface area contributed by atoms with E-state index >= 15 is 0 Å². The van der Waals surface area contributed by atoms with Crippen LogP contribution in [0.2, 0.25) is 0 Å². The maximum atomic E-state index is 11.6. The highest BCUT2D eigenvalue weighted by atomic mass is 16.2. The zero-order valence-corrected chi connectivity index (χ0v) is 10.5. The average Bonchev–Trinajstić information content (AvgIpc) is 2.02. The van der Waals surface area contributed by atoms with Crippen molar-refractivity contribution in [1.82, 2.24) is 5.32 Å². The Morgan fingerprint density at radius 1 is 1.29 bits per heavy atom. The van der Waals surface area contributed by atoms with Crippen molar-refractivity contribution in [2.75, 3.05) is 0 Å². The molecule has 0 aromatic heterocycles. The van der Waals surface area contributed by atoms with Crippen molar-refractivity contribution in [2.45, 2.75) is 60.4 Å². The first kappa shape index (κ1) is 13.5. The van der Waals surface area contributed by atoms with Crippen molar-refractivity contribution in [3.8, 4) is 0 Å². The summed E-state index contributed by atoms with van der Waals surface area (Å²) in [5, 5.41) is 3.05. The molecule has 0 aliphatic rings. The van der Waals surface area contributed by atoms with Gasteiger partial charge in [-0.3, -0.25) is 4.79 Å². The quantitative estimate of drug-likeness (QED) is 0.741. The second kappa shape index (κ2) is 5.38. The molecule has 84 valence electrons. The van der Waals surface area contributed by atoms with Crippen LogP contribution in [0.5, 0.6) is 0 Å². The molecule has 0 fully saturated rings. The Bertz CT molecular complexity index is 181. The summed E-state index contributed by atoms with van der Waals surface area (Å²) in [6.45, 7) is 12.3. The van der Waals surface area contributed by atoms with Gasteiger partial charge in [0.05, 0.1) is 0 Å². The summed E-state index contributed by atoms with van der Waals surface area (Å²) in [5.41, 5.74) is -0.274. The highest BCUT2D eigenvalue weighted by Crippen LogP contribution is 2.15. The Morgan fingerprint density at radius 3 is 2.14 bits per heavy atom. The van der Waals surface area contributed by atoms with Crippen LogP contribution in [-0.4, -0.2) is 11.9 Å². The predicted octanol–water partition coefficient (Wildman–Crippen LogP) is 2.97. The summed E-state index contributed by atoms with van der Waals surface area (Å²) in [6, 6.07) is 0.289. The van der Waals surface area contributed by atoms with E-state index in [2.05, 4.69) is 26.1 Å². The molecular weight excluding hydrogens is 174 g/mol. The SMILES string of the molecule is CCC(C)CC(C)NC(=O)C(C)(C)C. The number of hydrogen-bond acceptors (Lipinski definition) is 1. The minimum absolute atomic E-state index is 0.147. The van der Waals surface area contributed by atoms with Gasteiger partial charge in [0.15, 0.2) is 0 Å². The van der Waals surface area contributed by atoms with Crippen LogP contribution < -0.4 is 5.32 Å². The van der Waals surface area contributed by atoms with E-state index in [1.54, 1.807) is 0 Å². The molecule has 0 bridgehead atoms. The predicted molar refractivity (Wildman–Crippen MR) is 61.1 cm³/mol. The first-order valence-electron chi connectivity index (χ1n) is 5.58. The van der Waals surface area contributed by atoms with E-state index in [9.17, 15) is 4.79 Å². The Morgan fingerprint density at radius 2 is 1.79 bits per heavy atom. The van der Waals surface area contributed by atoms with Gasteiger partial charge in [-0.1, -0.05) is 41.0 Å². The maximum Gasteiger partial charge on any atom is 0.225 e. The van der Waals surface area contributed by atoms with Crippen molar-refractivity contribution in [2.24, 2.45) is 11.3 Å². The molecule has 1 amide bonds. The first-order chi connectivity index (χ1) is 6.27.